The van der Waals surface area contributed by atoms with Gasteiger partial charge in [0.2, 0.25) is 0 Å². The van der Waals surface area contributed by atoms with Gasteiger partial charge in [-0.2, -0.15) is 0 Å². The number of nitrogens with zero attached hydrogens (tertiary/aromatic N) is 1. The number of amides is 1. The number of halogens is 1. The van der Waals surface area contributed by atoms with E-state index in [-0.39, 0.29) is 21.8 Å². The van der Waals surface area contributed by atoms with Crippen LogP contribution in [-0.4, -0.2) is 39.4 Å². The summed E-state index contributed by atoms with van der Waals surface area (Å²) in [5.74, 6) is 0.105. The Labute approximate surface area is 129 Å². The zero-order valence-corrected chi connectivity index (χ0v) is 13.8. The monoisotopic (exact) mass is 331 g/mol. The van der Waals surface area contributed by atoms with Crippen LogP contribution in [0.5, 0.6) is 5.75 Å². The van der Waals surface area contributed by atoms with Crippen molar-refractivity contribution in [3.63, 3.8) is 0 Å². The number of rotatable bonds is 3. The molecule has 0 radical (unpaired) electrons. The minimum atomic E-state index is -3.88. The molecule has 1 aromatic rings. The number of methoxy groups -OCH3 is 1. The lowest BCUT2D eigenvalue weighted by Gasteiger charge is -2.21. The molecule has 0 aliphatic carbocycles. The van der Waals surface area contributed by atoms with E-state index in [9.17, 15) is 13.2 Å². The highest BCUT2D eigenvalue weighted by atomic mass is 35.7. The van der Waals surface area contributed by atoms with Gasteiger partial charge in [-0.15, -0.1) is 0 Å². The Kier molecular flexibility index (Phi) is 4.22. The van der Waals surface area contributed by atoms with Crippen molar-refractivity contribution < 1.29 is 17.9 Å². The molecule has 0 bridgehead atoms. The zero-order valence-electron chi connectivity index (χ0n) is 12.2. The van der Waals surface area contributed by atoms with Gasteiger partial charge in [0.15, 0.2) is 0 Å². The summed E-state index contributed by atoms with van der Waals surface area (Å²) in [5, 5.41) is 0. The van der Waals surface area contributed by atoms with Crippen LogP contribution >= 0.6 is 10.7 Å². The van der Waals surface area contributed by atoms with Crippen LogP contribution in [0.3, 0.4) is 0 Å². The van der Waals surface area contributed by atoms with E-state index in [1.54, 1.807) is 4.90 Å². The third kappa shape index (κ3) is 3.49. The maximum atomic E-state index is 12.6. The molecular weight excluding hydrogens is 314 g/mol. The van der Waals surface area contributed by atoms with Crippen LogP contribution in [0.25, 0.3) is 0 Å². The van der Waals surface area contributed by atoms with Crippen LogP contribution in [0.15, 0.2) is 23.1 Å². The summed E-state index contributed by atoms with van der Waals surface area (Å²) < 4.78 is 28.0. The van der Waals surface area contributed by atoms with Crippen molar-refractivity contribution in [1.82, 2.24) is 4.90 Å². The molecule has 0 spiro atoms. The summed E-state index contributed by atoms with van der Waals surface area (Å²) in [4.78, 5) is 14.2. The molecule has 1 fully saturated rings. The Balaban J connectivity index is 2.40. The Bertz CT molecular complexity index is 670. The second-order valence-corrected chi connectivity index (χ2v) is 8.51. The maximum Gasteiger partial charge on any atom is 0.261 e. The number of benzene rings is 1. The molecule has 1 aliphatic rings. The summed E-state index contributed by atoms with van der Waals surface area (Å²) in [6.07, 6.45) is 0.911. The van der Waals surface area contributed by atoms with Gasteiger partial charge in [0.05, 0.1) is 17.6 Å². The van der Waals surface area contributed by atoms with Gasteiger partial charge in [-0.05, 0) is 30.0 Å². The topological polar surface area (TPSA) is 63.7 Å². The van der Waals surface area contributed by atoms with Crippen LogP contribution in [0, 0.1) is 5.41 Å². The first-order chi connectivity index (χ1) is 9.64. The minimum absolute atomic E-state index is 0.0685. The third-order valence-corrected chi connectivity index (χ3v) is 5.00. The van der Waals surface area contributed by atoms with E-state index >= 15 is 0 Å². The molecule has 21 heavy (non-hydrogen) atoms. The van der Waals surface area contributed by atoms with E-state index in [0.29, 0.717) is 18.8 Å². The van der Waals surface area contributed by atoms with Crippen LogP contribution in [0.1, 0.15) is 30.6 Å². The predicted molar refractivity (Wildman–Crippen MR) is 80.3 cm³/mol. The summed E-state index contributed by atoms with van der Waals surface area (Å²) in [7, 11) is 2.90. The largest absolute Gasteiger partial charge is 0.496 e. The fourth-order valence-corrected chi connectivity index (χ4v) is 3.24. The molecule has 0 aromatic heterocycles. The van der Waals surface area contributed by atoms with Crippen molar-refractivity contribution in [2.45, 2.75) is 25.2 Å². The highest BCUT2D eigenvalue weighted by Crippen LogP contribution is 2.32. The van der Waals surface area contributed by atoms with E-state index in [4.69, 9.17) is 15.4 Å². The molecule has 0 unspecified atom stereocenters. The lowest BCUT2D eigenvalue weighted by atomic mass is 9.93. The van der Waals surface area contributed by atoms with Gasteiger partial charge < -0.3 is 9.64 Å². The van der Waals surface area contributed by atoms with Crippen LogP contribution < -0.4 is 4.74 Å². The van der Waals surface area contributed by atoms with Crippen molar-refractivity contribution >= 4 is 25.6 Å². The van der Waals surface area contributed by atoms with E-state index in [2.05, 4.69) is 13.8 Å². The molecule has 7 heteroatoms. The highest BCUT2D eigenvalue weighted by Gasteiger charge is 2.33. The second-order valence-electron chi connectivity index (χ2n) is 5.94. The van der Waals surface area contributed by atoms with Crippen molar-refractivity contribution in [3.05, 3.63) is 23.8 Å². The molecule has 1 aliphatic heterocycles. The number of hydrogen-bond acceptors (Lipinski definition) is 4. The van der Waals surface area contributed by atoms with Gasteiger partial charge in [-0.25, -0.2) is 8.42 Å². The van der Waals surface area contributed by atoms with Crippen LogP contribution in [-0.2, 0) is 9.05 Å². The molecule has 0 saturated carbocycles. The van der Waals surface area contributed by atoms with E-state index in [1.807, 2.05) is 0 Å². The molecule has 0 atom stereocenters. The average Bonchev–Trinajstić information content (AvgIpc) is 2.76. The first kappa shape index (κ1) is 16.1. The Morgan fingerprint density at radius 3 is 2.52 bits per heavy atom. The minimum Gasteiger partial charge on any atom is -0.496 e. The summed E-state index contributed by atoms with van der Waals surface area (Å²) in [6.45, 7) is 5.47. The highest BCUT2D eigenvalue weighted by molar-refractivity contribution is 8.13. The standard InChI is InChI=1S/C14H18ClNO4S/c1-14(2)6-7-16(9-14)13(17)11-8-10(21(15,18)19)4-5-12(11)20-3/h4-5,8H,6-7,9H2,1-3H3. The lowest BCUT2D eigenvalue weighted by molar-refractivity contribution is 0.0774. The molecule has 1 aromatic carbocycles. The number of ether oxygens (including phenoxy) is 1. The summed E-state index contributed by atoms with van der Waals surface area (Å²) in [6, 6.07) is 4.05. The molecule has 0 N–H and O–H groups in total. The van der Waals surface area contributed by atoms with Crippen molar-refractivity contribution in [2.75, 3.05) is 20.2 Å². The first-order valence-electron chi connectivity index (χ1n) is 6.56. The van der Waals surface area contributed by atoms with Gasteiger partial charge >= 0.3 is 0 Å². The lowest BCUT2D eigenvalue weighted by Crippen LogP contribution is -2.30. The average molecular weight is 332 g/mol. The van der Waals surface area contributed by atoms with E-state index in [1.165, 1.54) is 25.3 Å². The molecule has 2 rings (SSSR count). The van der Waals surface area contributed by atoms with Crippen LogP contribution in [0.4, 0.5) is 0 Å². The molecule has 116 valence electrons. The smallest absolute Gasteiger partial charge is 0.261 e. The van der Waals surface area contributed by atoms with Gasteiger partial charge in [-0.1, -0.05) is 13.8 Å². The Morgan fingerprint density at radius 1 is 1.38 bits per heavy atom. The van der Waals surface area contributed by atoms with Crippen LogP contribution in [0.2, 0.25) is 0 Å². The predicted octanol–water partition coefficient (Wildman–Crippen LogP) is 2.49. The SMILES string of the molecule is COc1ccc(S(=O)(=O)Cl)cc1C(=O)N1CCC(C)(C)C1. The molecule has 1 amide bonds. The fourth-order valence-electron chi connectivity index (χ4n) is 2.46. The quantitative estimate of drug-likeness (QED) is 0.798. The van der Waals surface area contributed by atoms with E-state index in [0.717, 1.165) is 6.42 Å². The van der Waals surface area contributed by atoms with Crippen molar-refractivity contribution in [2.24, 2.45) is 5.41 Å². The summed E-state index contributed by atoms with van der Waals surface area (Å²) >= 11 is 0. The molecule has 5 nitrogen and oxygen atoms in total. The number of carbonyl (C=O) groups is 1. The van der Waals surface area contributed by atoms with Gasteiger partial charge in [0.25, 0.3) is 15.0 Å². The number of carbonyl (C=O) groups excluding carboxylic acids is 1. The Hall–Kier alpha value is -1.27. The molecule has 1 saturated heterocycles. The number of hydrogen-bond donors (Lipinski definition) is 0. The molecular formula is C14H18ClNO4S. The number of likely N-dealkylation sites (tertiary alicyclic amines) is 1. The third-order valence-electron chi connectivity index (χ3n) is 3.65. The van der Waals surface area contributed by atoms with Crippen molar-refractivity contribution in [1.29, 1.82) is 0 Å². The molecule has 1 heterocycles. The zero-order chi connectivity index (χ0) is 15.8. The van der Waals surface area contributed by atoms with Gasteiger partial charge in [0, 0.05) is 23.8 Å². The van der Waals surface area contributed by atoms with Gasteiger partial charge in [-0.3, -0.25) is 4.79 Å². The maximum absolute atomic E-state index is 12.6. The fraction of sp³-hybridized carbons (Fsp3) is 0.500. The van der Waals surface area contributed by atoms with Gasteiger partial charge in [0.1, 0.15) is 5.75 Å². The van der Waals surface area contributed by atoms with Crippen molar-refractivity contribution in [3.8, 4) is 5.75 Å². The normalized spacial score (nSPS) is 17.8. The second kappa shape index (κ2) is 5.50. The summed E-state index contributed by atoms with van der Waals surface area (Å²) in [5.41, 5.74) is 0.288. The van der Waals surface area contributed by atoms with E-state index < -0.39 is 9.05 Å². The Morgan fingerprint density at radius 2 is 2.05 bits per heavy atom. The first-order valence-corrected chi connectivity index (χ1v) is 8.87.